The molecule has 7 rings (SSSR count). The van der Waals surface area contributed by atoms with Crippen LogP contribution < -0.4 is 16.7 Å². The highest BCUT2D eigenvalue weighted by atomic mass is 32.2. The van der Waals surface area contributed by atoms with Crippen LogP contribution in [0, 0.1) is 16.7 Å². The summed E-state index contributed by atoms with van der Waals surface area (Å²) in [6, 6.07) is 8.17. The van der Waals surface area contributed by atoms with Crippen LogP contribution in [0.25, 0.3) is 0 Å². The fourth-order valence-corrected chi connectivity index (χ4v) is 11.3. The first-order chi connectivity index (χ1) is 20.0. The highest BCUT2D eigenvalue weighted by molar-refractivity contribution is 7.89. The fraction of sp³-hybridized carbons (Fsp3) is 0.621. The minimum atomic E-state index is -3.63. The van der Waals surface area contributed by atoms with Crippen LogP contribution in [-0.2, 0) is 28.4 Å². The first-order valence-electron chi connectivity index (χ1n) is 15.0. The van der Waals surface area contributed by atoms with E-state index in [9.17, 15) is 18.3 Å². The van der Waals surface area contributed by atoms with Gasteiger partial charge in [-0.05, 0) is 72.8 Å². The molecule has 2 aromatic heterocycles. The Morgan fingerprint density at radius 3 is 2.64 bits per heavy atom. The predicted octanol–water partition coefficient (Wildman–Crippen LogP) is 2.87. The van der Waals surface area contributed by atoms with E-state index >= 15 is 0 Å². The number of nitrogens with one attached hydrogen (secondary N) is 3. The van der Waals surface area contributed by atoms with Crippen molar-refractivity contribution in [2.24, 2.45) is 16.7 Å². The molecule has 0 radical (unpaired) electrons. The second-order valence-corrected chi connectivity index (χ2v) is 15.4. The number of imidazole rings is 1. The lowest BCUT2D eigenvalue weighted by atomic mass is 9.69. The Kier molecular flexibility index (Phi) is 6.12. The maximum absolute atomic E-state index is 14.2. The van der Waals surface area contributed by atoms with Gasteiger partial charge in [0.15, 0.2) is 0 Å². The molecule has 42 heavy (non-hydrogen) atoms. The second-order valence-electron chi connectivity index (χ2n) is 13.5. The molecule has 13 heteroatoms. The van der Waals surface area contributed by atoms with Gasteiger partial charge < -0.3 is 21.1 Å². The third kappa shape index (κ3) is 3.95. The van der Waals surface area contributed by atoms with Crippen LogP contribution in [0.2, 0.25) is 0 Å². The van der Waals surface area contributed by atoms with Gasteiger partial charge in [0, 0.05) is 24.5 Å². The first kappa shape index (κ1) is 27.5. The van der Waals surface area contributed by atoms with Crippen LogP contribution in [0.4, 0.5) is 11.9 Å². The summed E-state index contributed by atoms with van der Waals surface area (Å²) in [5.74, 6) is 0.446. The van der Waals surface area contributed by atoms with Crippen molar-refractivity contribution in [3.63, 3.8) is 0 Å². The lowest BCUT2D eigenvalue weighted by Crippen LogP contribution is -2.50. The van der Waals surface area contributed by atoms with Gasteiger partial charge in [-0.15, -0.1) is 5.10 Å². The molecular formula is C29H40N8O4S. The molecule has 0 unspecified atom stereocenters. The smallest absolute Gasteiger partial charge is 0.328 e. The first-order valence-corrected chi connectivity index (χ1v) is 16.6. The summed E-state index contributed by atoms with van der Waals surface area (Å²) < 4.78 is 31.5. The number of sulfonamides is 1. The second kappa shape index (κ2) is 9.34. The summed E-state index contributed by atoms with van der Waals surface area (Å²) in [5, 5.41) is 20.7. The molecule has 0 amide bonds. The van der Waals surface area contributed by atoms with E-state index in [0.717, 1.165) is 32.1 Å². The molecule has 1 saturated heterocycles. The van der Waals surface area contributed by atoms with Gasteiger partial charge in [0.1, 0.15) is 0 Å². The molecular weight excluding hydrogens is 556 g/mol. The number of rotatable bonds is 7. The van der Waals surface area contributed by atoms with Crippen LogP contribution in [0.15, 0.2) is 29.1 Å². The highest BCUT2D eigenvalue weighted by Gasteiger charge is 2.66. The van der Waals surface area contributed by atoms with E-state index in [-0.39, 0.29) is 46.8 Å². The molecule has 3 aliphatic carbocycles. The maximum Gasteiger partial charge on any atom is 0.328 e. The van der Waals surface area contributed by atoms with Crippen molar-refractivity contribution < 1.29 is 13.5 Å². The lowest BCUT2D eigenvalue weighted by molar-refractivity contribution is 0.102. The van der Waals surface area contributed by atoms with Crippen LogP contribution in [0.5, 0.6) is 5.88 Å². The fourth-order valence-electron chi connectivity index (χ4n) is 9.04. The van der Waals surface area contributed by atoms with Gasteiger partial charge in [0.25, 0.3) is 0 Å². The Morgan fingerprint density at radius 2 is 1.93 bits per heavy atom. The Morgan fingerprint density at radius 1 is 1.17 bits per heavy atom. The minimum Gasteiger partial charge on any atom is -0.493 e. The summed E-state index contributed by atoms with van der Waals surface area (Å²) in [4.78, 5) is 20.1. The summed E-state index contributed by atoms with van der Waals surface area (Å²) in [7, 11) is -3.63. The number of nitrogens with zero attached hydrogens (tertiary/aromatic N) is 4. The van der Waals surface area contributed by atoms with Crippen LogP contribution in [0.1, 0.15) is 75.2 Å². The Bertz CT molecular complexity index is 1680. The molecule has 3 atom stereocenters. The van der Waals surface area contributed by atoms with Crippen molar-refractivity contribution in [2.75, 3.05) is 29.9 Å². The van der Waals surface area contributed by atoms with E-state index in [4.69, 9.17) is 5.73 Å². The number of nitrogen functional groups attached to an aromatic ring is 1. The zero-order chi connectivity index (χ0) is 29.5. The molecule has 3 fully saturated rings. The van der Waals surface area contributed by atoms with Crippen LogP contribution in [0.3, 0.4) is 0 Å². The van der Waals surface area contributed by atoms with Crippen molar-refractivity contribution in [1.29, 1.82) is 0 Å². The van der Waals surface area contributed by atoms with E-state index in [1.165, 1.54) is 15.7 Å². The number of hydrogen-bond donors (Lipinski definition) is 5. The molecule has 3 aromatic rings. The van der Waals surface area contributed by atoms with Crippen molar-refractivity contribution in [2.45, 2.75) is 76.8 Å². The summed E-state index contributed by atoms with van der Waals surface area (Å²) in [5.41, 5.74) is 7.30. The van der Waals surface area contributed by atoms with Crippen molar-refractivity contribution in [3.8, 4) is 5.88 Å². The van der Waals surface area contributed by atoms with E-state index in [1.807, 2.05) is 0 Å². The van der Waals surface area contributed by atoms with Gasteiger partial charge in [-0.2, -0.15) is 4.98 Å². The van der Waals surface area contributed by atoms with Crippen molar-refractivity contribution in [3.05, 3.63) is 51.6 Å². The quantitative estimate of drug-likeness (QED) is 0.277. The van der Waals surface area contributed by atoms with Gasteiger partial charge in [-0.25, -0.2) is 22.6 Å². The summed E-state index contributed by atoms with van der Waals surface area (Å²) in [6.07, 6.45) is 6.06. The average Bonchev–Trinajstić information content (AvgIpc) is 3.71. The molecule has 12 nitrogen and oxygen atoms in total. The number of aromatic hydroxyl groups is 1. The largest absolute Gasteiger partial charge is 0.493 e. The van der Waals surface area contributed by atoms with Crippen LogP contribution in [-0.4, -0.2) is 61.4 Å². The predicted molar refractivity (Wildman–Crippen MR) is 158 cm³/mol. The van der Waals surface area contributed by atoms with Gasteiger partial charge in [-0.1, -0.05) is 38.1 Å². The van der Waals surface area contributed by atoms with Gasteiger partial charge in [-0.3, -0.25) is 4.57 Å². The number of H-pyrrole nitrogens is 2. The third-order valence-corrected chi connectivity index (χ3v) is 13.6. The number of nitrogens with two attached hydrogens (primary N) is 1. The molecule has 4 aliphatic rings. The Hall–Kier alpha value is -3.32. The molecule has 3 heterocycles. The SMILES string of the molecule is CC1(C)[C@@H]2CC[C@@]1(CS(=O)(=O)N1CCC3(CCc4ccccc43)CC1)[C@@H](n1c(O)c(CNc3n[nH]c(N)n3)[nH]c1=O)C2. The number of benzene rings is 1. The molecule has 1 aromatic carbocycles. The Balaban J connectivity index is 1.14. The van der Waals surface area contributed by atoms with Gasteiger partial charge >= 0.3 is 5.69 Å². The zero-order valence-corrected chi connectivity index (χ0v) is 25.0. The third-order valence-electron chi connectivity index (χ3n) is 11.6. The average molecular weight is 597 g/mol. The standard InChI is InChI=1S/C29H40N8O4S/c1-27(2)19-8-10-29(27,22(15-19)37-23(38)21(32-26(37)39)16-31-25-33-24(30)34-35-25)17-42(40,41)36-13-11-28(12-14-36)9-7-18-5-3-4-6-20(18)28/h3-6,19,22,38H,7-17H2,1-2H3,(H,32,39)(H4,30,31,33,34,35)/t19-,22+,29-/m1/s1. The maximum atomic E-state index is 14.2. The molecule has 1 aliphatic heterocycles. The lowest BCUT2D eigenvalue weighted by Gasteiger charge is -2.45. The van der Waals surface area contributed by atoms with Gasteiger partial charge in [0.2, 0.25) is 27.8 Å². The highest BCUT2D eigenvalue weighted by Crippen LogP contribution is 2.70. The number of anilines is 2. The zero-order valence-electron chi connectivity index (χ0n) is 24.2. The normalized spacial score (nSPS) is 28.0. The topological polar surface area (TPSA) is 175 Å². The minimum absolute atomic E-state index is 0.0289. The van der Waals surface area contributed by atoms with Gasteiger partial charge in [0.05, 0.1) is 18.0 Å². The van der Waals surface area contributed by atoms with Crippen molar-refractivity contribution >= 4 is 21.9 Å². The van der Waals surface area contributed by atoms with Crippen molar-refractivity contribution in [1.82, 2.24) is 29.0 Å². The molecule has 1 spiro atoms. The van der Waals surface area contributed by atoms with E-state index in [0.29, 0.717) is 31.6 Å². The Labute approximate surface area is 245 Å². The number of hydrogen-bond acceptors (Lipinski definition) is 8. The number of aromatic nitrogens is 5. The summed E-state index contributed by atoms with van der Waals surface area (Å²) >= 11 is 0. The number of aryl methyl sites for hydroxylation is 1. The molecule has 226 valence electrons. The summed E-state index contributed by atoms with van der Waals surface area (Å²) in [6.45, 7) is 5.39. The number of aromatic amines is 2. The number of fused-ring (bicyclic) bond motifs is 4. The molecule has 6 N–H and O–H groups in total. The van der Waals surface area contributed by atoms with E-state index in [2.05, 4.69) is 63.6 Å². The molecule has 2 bridgehead atoms. The van der Waals surface area contributed by atoms with E-state index in [1.54, 1.807) is 4.31 Å². The monoisotopic (exact) mass is 596 g/mol. The van der Waals surface area contributed by atoms with Crippen LogP contribution >= 0.6 is 0 Å². The molecule has 2 saturated carbocycles. The van der Waals surface area contributed by atoms with E-state index < -0.39 is 27.2 Å². The number of piperidine rings is 1.